The number of nitrogens with zero attached hydrogens (tertiary/aromatic N) is 3. The van der Waals surface area contributed by atoms with E-state index >= 15 is 0 Å². The number of nitrogens with two attached hydrogens (primary N) is 1. The van der Waals surface area contributed by atoms with Crippen molar-refractivity contribution in [1.82, 2.24) is 14.9 Å². The molecule has 2 atom stereocenters. The largest absolute Gasteiger partial charge is 0.369 e. The minimum absolute atomic E-state index is 0.0531. The minimum Gasteiger partial charge on any atom is -0.369 e. The summed E-state index contributed by atoms with van der Waals surface area (Å²) in [7, 11) is 0. The van der Waals surface area contributed by atoms with Crippen LogP contribution < -0.4 is 11.1 Å². The molecule has 2 aliphatic rings. The van der Waals surface area contributed by atoms with Gasteiger partial charge in [0.1, 0.15) is 16.5 Å². The summed E-state index contributed by atoms with van der Waals surface area (Å²) in [4.78, 5) is 26.7. The standard InChI is InChI=1S/C21H31N5OS/c1-13-14(2)28-21-18(13)20(24-17(25-21)12-26-10-6-7-11-26)23-16-9-5-3-4-8-15(16)19(22)27/h15-16H,3-12H2,1-2H3,(H2,22,27)(H,23,24,25). The molecule has 1 aliphatic heterocycles. The van der Waals surface area contributed by atoms with E-state index in [4.69, 9.17) is 15.7 Å². The Hall–Kier alpha value is -1.73. The number of primary amides is 1. The monoisotopic (exact) mass is 401 g/mol. The van der Waals surface area contributed by atoms with Crippen LogP contribution in [0.5, 0.6) is 0 Å². The van der Waals surface area contributed by atoms with Crippen molar-refractivity contribution in [2.45, 2.75) is 71.4 Å². The minimum atomic E-state index is -0.194. The summed E-state index contributed by atoms with van der Waals surface area (Å²) in [6, 6.07) is 0.0531. The van der Waals surface area contributed by atoms with Crippen LogP contribution >= 0.6 is 11.3 Å². The van der Waals surface area contributed by atoms with Crippen LogP contribution in [-0.4, -0.2) is 39.9 Å². The lowest BCUT2D eigenvalue weighted by atomic mass is 9.94. The van der Waals surface area contributed by atoms with Crippen molar-refractivity contribution in [3.05, 3.63) is 16.3 Å². The van der Waals surface area contributed by atoms with E-state index in [-0.39, 0.29) is 17.9 Å². The Morgan fingerprint density at radius 3 is 2.64 bits per heavy atom. The van der Waals surface area contributed by atoms with E-state index < -0.39 is 0 Å². The SMILES string of the molecule is Cc1sc2nc(CN3CCCC3)nc(NC3CCCCCC3C(N)=O)c2c1C. The molecule has 0 bridgehead atoms. The van der Waals surface area contributed by atoms with Crippen molar-refractivity contribution < 1.29 is 4.79 Å². The maximum absolute atomic E-state index is 12.1. The third-order valence-electron chi connectivity index (χ3n) is 6.34. The molecule has 28 heavy (non-hydrogen) atoms. The van der Waals surface area contributed by atoms with Gasteiger partial charge in [-0.2, -0.15) is 0 Å². The highest BCUT2D eigenvalue weighted by molar-refractivity contribution is 7.18. The average molecular weight is 402 g/mol. The molecular weight excluding hydrogens is 370 g/mol. The molecule has 1 saturated carbocycles. The summed E-state index contributed by atoms with van der Waals surface area (Å²) < 4.78 is 0. The highest BCUT2D eigenvalue weighted by Gasteiger charge is 2.29. The van der Waals surface area contributed by atoms with Gasteiger partial charge in [-0.1, -0.05) is 19.3 Å². The number of amides is 1. The van der Waals surface area contributed by atoms with E-state index in [1.807, 2.05) is 0 Å². The second kappa shape index (κ2) is 8.33. The summed E-state index contributed by atoms with van der Waals surface area (Å²) in [6.07, 6.45) is 7.70. The number of hydrogen-bond donors (Lipinski definition) is 2. The number of carbonyl (C=O) groups excluding carboxylic acids is 1. The smallest absolute Gasteiger partial charge is 0.222 e. The normalized spacial score (nSPS) is 23.8. The maximum Gasteiger partial charge on any atom is 0.222 e. The number of aryl methyl sites for hydroxylation is 2. The third-order valence-corrected chi connectivity index (χ3v) is 7.44. The highest BCUT2D eigenvalue weighted by Crippen LogP contribution is 2.35. The number of nitrogens with one attached hydrogen (secondary N) is 1. The molecule has 152 valence electrons. The second-order valence-corrected chi connectivity index (χ2v) is 9.54. The summed E-state index contributed by atoms with van der Waals surface area (Å²) in [5.41, 5.74) is 6.99. The van der Waals surface area contributed by atoms with Crippen LogP contribution in [0.25, 0.3) is 10.2 Å². The number of thiophene rings is 1. The van der Waals surface area contributed by atoms with Gasteiger partial charge in [0.2, 0.25) is 5.91 Å². The predicted molar refractivity (Wildman–Crippen MR) is 115 cm³/mol. The third kappa shape index (κ3) is 4.01. The van der Waals surface area contributed by atoms with Gasteiger partial charge in [-0.15, -0.1) is 11.3 Å². The van der Waals surface area contributed by atoms with Crippen LogP contribution in [0.15, 0.2) is 0 Å². The number of hydrogen-bond acceptors (Lipinski definition) is 6. The van der Waals surface area contributed by atoms with Crippen molar-refractivity contribution in [3.63, 3.8) is 0 Å². The first-order valence-corrected chi connectivity index (χ1v) is 11.4. The molecule has 2 unspecified atom stereocenters. The van der Waals surface area contributed by atoms with Gasteiger partial charge >= 0.3 is 0 Å². The Morgan fingerprint density at radius 2 is 1.89 bits per heavy atom. The zero-order valence-electron chi connectivity index (χ0n) is 17.0. The molecular formula is C21H31N5OS. The van der Waals surface area contributed by atoms with Crippen molar-refractivity contribution in [2.24, 2.45) is 11.7 Å². The molecule has 7 heteroatoms. The van der Waals surface area contributed by atoms with E-state index in [0.29, 0.717) is 0 Å². The predicted octanol–water partition coefficient (Wildman–Crippen LogP) is 3.75. The number of aromatic nitrogens is 2. The van der Waals surface area contributed by atoms with Crippen LogP contribution in [0.2, 0.25) is 0 Å². The Morgan fingerprint density at radius 1 is 1.14 bits per heavy atom. The van der Waals surface area contributed by atoms with Gasteiger partial charge in [-0.25, -0.2) is 9.97 Å². The quantitative estimate of drug-likeness (QED) is 0.746. The highest BCUT2D eigenvalue weighted by atomic mass is 32.1. The Kier molecular flexibility index (Phi) is 5.83. The van der Waals surface area contributed by atoms with E-state index in [1.54, 1.807) is 11.3 Å². The number of anilines is 1. The molecule has 3 heterocycles. The summed E-state index contributed by atoms with van der Waals surface area (Å²) >= 11 is 1.74. The molecule has 2 fully saturated rings. The summed E-state index contributed by atoms with van der Waals surface area (Å²) in [6.45, 7) is 7.33. The molecule has 4 rings (SSSR count). The number of rotatable bonds is 5. The van der Waals surface area contributed by atoms with E-state index in [1.165, 1.54) is 23.3 Å². The van der Waals surface area contributed by atoms with Crippen LogP contribution in [0.3, 0.4) is 0 Å². The number of likely N-dealkylation sites (tertiary alicyclic amines) is 1. The topological polar surface area (TPSA) is 84.1 Å². The molecule has 2 aromatic heterocycles. The summed E-state index contributed by atoms with van der Waals surface area (Å²) in [5, 5.41) is 4.76. The van der Waals surface area contributed by atoms with Crippen LogP contribution in [0, 0.1) is 19.8 Å². The van der Waals surface area contributed by atoms with Crippen LogP contribution in [0.4, 0.5) is 5.82 Å². The summed E-state index contributed by atoms with van der Waals surface area (Å²) in [5.74, 6) is 1.44. The van der Waals surface area contributed by atoms with E-state index in [9.17, 15) is 4.79 Å². The van der Waals surface area contributed by atoms with Crippen molar-refractivity contribution in [2.75, 3.05) is 18.4 Å². The Labute approximate surface area is 170 Å². The Bertz CT molecular complexity index is 858. The van der Waals surface area contributed by atoms with E-state index in [2.05, 4.69) is 24.1 Å². The molecule has 0 aromatic carbocycles. The van der Waals surface area contributed by atoms with Gasteiger partial charge in [-0.05, 0) is 58.2 Å². The van der Waals surface area contributed by atoms with Crippen molar-refractivity contribution >= 4 is 33.3 Å². The van der Waals surface area contributed by atoms with Crippen LogP contribution in [-0.2, 0) is 11.3 Å². The molecule has 0 radical (unpaired) electrons. The Balaban J connectivity index is 1.69. The lowest BCUT2D eigenvalue weighted by molar-refractivity contribution is -0.122. The molecule has 3 N–H and O–H groups in total. The zero-order valence-corrected chi connectivity index (χ0v) is 17.8. The second-order valence-electron chi connectivity index (χ2n) is 8.33. The zero-order chi connectivity index (χ0) is 19.7. The molecule has 1 amide bonds. The molecule has 6 nitrogen and oxygen atoms in total. The van der Waals surface area contributed by atoms with Crippen molar-refractivity contribution in [1.29, 1.82) is 0 Å². The first kappa shape index (κ1) is 19.6. The first-order valence-electron chi connectivity index (χ1n) is 10.6. The van der Waals surface area contributed by atoms with Crippen molar-refractivity contribution in [3.8, 4) is 0 Å². The molecule has 1 aliphatic carbocycles. The maximum atomic E-state index is 12.1. The fourth-order valence-corrected chi connectivity index (χ4v) is 5.65. The fourth-order valence-electron chi connectivity index (χ4n) is 4.61. The lowest BCUT2D eigenvalue weighted by Gasteiger charge is -2.25. The first-order chi connectivity index (χ1) is 13.5. The molecule has 1 saturated heterocycles. The fraction of sp³-hybridized carbons (Fsp3) is 0.667. The number of fused-ring (bicyclic) bond motifs is 1. The van der Waals surface area contributed by atoms with Gasteiger partial charge in [0, 0.05) is 10.9 Å². The van der Waals surface area contributed by atoms with Gasteiger partial charge in [0.05, 0.1) is 17.8 Å². The van der Waals surface area contributed by atoms with E-state index in [0.717, 1.165) is 73.6 Å². The van der Waals surface area contributed by atoms with Gasteiger partial charge in [0.15, 0.2) is 0 Å². The van der Waals surface area contributed by atoms with Gasteiger partial charge in [0.25, 0.3) is 0 Å². The molecule has 2 aromatic rings. The lowest BCUT2D eigenvalue weighted by Crippen LogP contribution is -2.38. The van der Waals surface area contributed by atoms with Gasteiger partial charge in [-0.3, -0.25) is 9.69 Å². The number of carbonyl (C=O) groups is 1. The van der Waals surface area contributed by atoms with Gasteiger partial charge < -0.3 is 11.1 Å². The van der Waals surface area contributed by atoms with Crippen LogP contribution in [0.1, 0.15) is 61.2 Å². The average Bonchev–Trinajstić information content (AvgIpc) is 3.17. The molecule has 0 spiro atoms.